The van der Waals surface area contributed by atoms with Crippen LogP contribution in [0.1, 0.15) is 50.6 Å². The molecule has 1 aromatic carbocycles. The van der Waals surface area contributed by atoms with Crippen LogP contribution >= 0.6 is 0 Å². The van der Waals surface area contributed by atoms with Crippen molar-refractivity contribution in [1.82, 2.24) is 14.7 Å². The van der Waals surface area contributed by atoms with E-state index in [1.165, 1.54) is 36.9 Å². The molecular formula is C21H27N3O2. The van der Waals surface area contributed by atoms with E-state index in [4.69, 9.17) is 4.74 Å². The van der Waals surface area contributed by atoms with Gasteiger partial charge in [0.05, 0.1) is 18.0 Å². The highest BCUT2D eigenvalue weighted by atomic mass is 16.5. The van der Waals surface area contributed by atoms with Gasteiger partial charge in [0.2, 0.25) is 0 Å². The maximum atomic E-state index is 12.1. The molecule has 5 nitrogen and oxygen atoms in total. The molecule has 1 aromatic heterocycles. The number of nitrogens with zero attached hydrogens (tertiary/aromatic N) is 3. The fourth-order valence-electron chi connectivity index (χ4n) is 3.67. The summed E-state index contributed by atoms with van der Waals surface area (Å²) in [5.74, 6) is 1.37. The summed E-state index contributed by atoms with van der Waals surface area (Å²) in [7, 11) is 0. The first-order valence-corrected chi connectivity index (χ1v) is 9.78. The lowest BCUT2D eigenvalue weighted by atomic mass is 10.2. The van der Waals surface area contributed by atoms with Crippen LogP contribution in [0.3, 0.4) is 0 Å². The lowest BCUT2D eigenvalue weighted by Crippen LogP contribution is -2.28. The topological polar surface area (TPSA) is 47.4 Å². The molecule has 26 heavy (non-hydrogen) atoms. The van der Waals surface area contributed by atoms with E-state index in [0.717, 1.165) is 36.7 Å². The second kappa shape index (κ2) is 7.62. The van der Waals surface area contributed by atoms with E-state index in [2.05, 4.69) is 16.9 Å². The van der Waals surface area contributed by atoms with Crippen LogP contribution in [0.5, 0.6) is 5.75 Å². The predicted molar refractivity (Wildman–Crippen MR) is 102 cm³/mol. The van der Waals surface area contributed by atoms with Gasteiger partial charge in [-0.3, -0.25) is 4.79 Å². The number of hydrogen-bond donors (Lipinski definition) is 0. The average Bonchev–Trinajstić information content (AvgIpc) is 3.43. The Morgan fingerprint density at radius 2 is 1.92 bits per heavy atom. The Balaban J connectivity index is 1.33. The Kier molecular flexibility index (Phi) is 5.07. The maximum absolute atomic E-state index is 12.1. The lowest BCUT2D eigenvalue weighted by molar-refractivity contribution is 0.230. The zero-order valence-corrected chi connectivity index (χ0v) is 15.4. The summed E-state index contributed by atoms with van der Waals surface area (Å²) in [6.07, 6.45) is 6.02. The maximum Gasteiger partial charge on any atom is 0.271 e. The van der Waals surface area contributed by atoms with E-state index in [1.807, 2.05) is 30.3 Å². The molecule has 4 rings (SSSR count). The molecule has 0 amide bonds. The van der Waals surface area contributed by atoms with E-state index in [-0.39, 0.29) is 5.56 Å². The largest absolute Gasteiger partial charge is 0.494 e. The van der Waals surface area contributed by atoms with Crippen molar-refractivity contribution >= 4 is 0 Å². The van der Waals surface area contributed by atoms with Gasteiger partial charge in [-0.1, -0.05) is 0 Å². The van der Waals surface area contributed by atoms with Gasteiger partial charge in [-0.05, 0) is 75.9 Å². The van der Waals surface area contributed by atoms with Gasteiger partial charge >= 0.3 is 0 Å². The Morgan fingerprint density at radius 1 is 1.12 bits per heavy atom. The van der Waals surface area contributed by atoms with Gasteiger partial charge in [0.15, 0.2) is 0 Å². The molecule has 0 radical (unpaired) electrons. The van der Waals surface area contributed by atoms with Crippen LogP contribution in [-0.4, -0.2) is 40.4 Å². The summed E-state index contributed by atoms with van der Waals surface area (Å²) in [6, 6.07) is 11.8. The molecule has 0 spiro atoms. The summed E-state index contributed by atoms with van der Waals surface area (Å²) in [5, 5.41) is 4.52. The quantitative estimate of drug-likeness (QED) is 0.716. The first-order chi connectivity index (χ1) is 12.7. The average molecular weight is 353 g/mol. The van der Waals surface area contributed by atoms with Crippen LogP contribution < -0.4 is 10.3 Å². The molecular weight excluding hydrogens is 326 g/mol. The van der Waals surface area contributed by atoms with Crippen molar-refractivity contribution in [1.29, 1.82) is 0 Å². The van der Waals surface area contributed by atoms with Crippen molar-refractivity contribution in [3.05, 3.63) is 52.4 Å². The molecule has 1 aliphatic carbocycles. The molecule has 2 fully saturated rings. The highest BCUT2D eigenvalue weighted by Crippen LogP contribution is 2.38. The van der Waals surface area contributed by atoms with Crippen LogP contribution in [0, 0.1) is 0 Å². The van der Waals surface area contributed by atoms with E-state index < -0.39 is 0 Å². The fraction of sp³-hybridized carbons (Fsp3) is 0.524. The predicted octanol–water partition coefficient (Wildman–Crippen LogP) is 3.36. The normalized spacial score (nSPS) is 20.4. The Labute approximate surface area is 154 Å². The zero-order valence-electron chi connectivity index (χ0n) is 15.4. The molecule has 5 heteroatoms. The van der Waals surface area contributed by atoms with Crippen molar-refractivity contribution in [3.8, 4) is 11.4 Å². The minimum atomic E-state index is -0.0946. The van der Waals surface area contributed by atoms with Crippen LogP contribution in [0.4, 0.5) is 0 Å². The van der Waals surface area contributed by atoms with E-state index in [0.29, 0.717) is 12.0 Å². The SMILES string of the molecule is CC1CCCN1CCCOc1ccc(-n2nc(C3CC3)ccc2=O)cc1. The molecule has 1 saturated carbocycles. The molecule has 1 aliphatic heterocycles. The second-order valence-electron chi connectivity index (χ2n) is 7.51. The number of aromatic nitrogens is 2. The fourth-order valence-corrected chi connectivity index (χ4v) is 3.67. The number of hydrogen-bond acceptors (Lipinski definition) is 4. The van der Waals surface area contributed by atoms with Crippen LogP contribution in [0.25, 0.3) is 5.69 Å². The zero-order chi connectivity index (χ0) is 17.9. The third-order valence-corrected chi connectivity index (χ3v) is 5.45. The molecule has 2 aliphatic rings. The van der Waals surface area contributed by atoms with Crippen LogP contribution in [-0.2, 0) is 0 Å². The van der Waals surface area contributed by atoms with Crippen molar-refractivity contribution < 1.29 is 4.74 Å². The number of benzene rings is 1. The lowest BCUT2D eigenvalue weighted by Gasteiger charge is -2.20. The standard InChI is InChI=1S/C21H27N3O2/c1-16-4-2-13-23(16)14-3-15-26-19-9-7-18(8-10-19)24-21(25)12-11-20(22-24)17-5-6-17/h7-12,16-17H,2-6,13-15H2,1H3. The minimum absolute atomic E-state index is 0.0946. The third-order valence-electron chi connectivity index (χ3n) is 5.45. The van der Waals surface area contributed by atoms with Gasteiger partial charge in [-0.25, -0.2) is 0 Å². The molecule has 1 unspecified atom stereocenters. The Bertz CT molecular complexity index is 796. The second-order valence-corrected chi connectivity index (χ2v) is 7.51. The molecule has 1 atom stereocenters. The monoisotopic (exact) mass is 353 g/mol. The van der Waals surface area contributed by atoms with Crippen molar-refractivity contribution in [2.24, 2.45) is 0 Å². The summed E-state index contributed by atoms with van der Waals surface area (Å²) in [6.45, 7) is 5.35. The van der Waals surface area contributed by atoms with Crippen molar-refractivity contribution in [2.45, 2.75) is 51.0 Å². The molecule has 2 heterocycles. The Hall–Kier alpha value is -2.14. The van der Waals surface area contributed by atoms with Gasteiger partial charge < -0.3 is 9.64 Å². The van der Waals surface area contributed by atoms with Gasteiger partial charge in [-0.2, -0.15) is 9.78 Å². The summed E-state index contributed by atoms with van der Waals surface area (Å²) in [5.41, 5.74) is 1.71. The summed E-state index contributed by atoms with van der Waals surface area (Å²) >= 11 is 0. The summed E-state index contributed by atoms with van der Waals surface area (Å²) in [4.78, 5) is 14.7. The third kappa shape index (κ3) is 3.98. The number of rotatable bonds is 7. The van der Waals surface area contributed by atoms with E-state index >= 15 is 0 Å². The molecule has 2 aromatic rings. The van der Waals surface area contributed by atoms with Gasteiger partial charge in [-0.15, -0.1) is 0 Å². The van der Waals surface area contributed by atoms with Gasteiger partial charge in [0, 0.05) is 24.6 Å². The highest BCUT2D eigenvalue weighted by molar-refractivity contribution is 5.37. The van der Waals surface area contributed by atoms with E-state index in [9.17, 15) is 4.79 Å². The van der Waals surface area contributed by atoms with Gasteiger partial charge in [0.1, 0.15) is 5.75 Å². The number of ether oxygens (including phenoxy) is 1. The first kappa shape index (κ1) is 17.3. The van der Waals surface area contributed by atoms with E-state index in [1.54, 1.807) is 6.07 Å². The highest BCUT2D eigenvalue weighted by Gasteiger charge is 2.25. The smallest absolute Gasteiger partial charge is 0.271 e. The minimum Gasteiger partial charge on any atom is -0.494 e. The van der Waals surface area contributed by atoms with Crippen LogP contribution in [0.15, 0.2) is 41.2 Å². The molecule has 0 N–H and O–H groups in total. The number of likely N-dealkylation sites (tertiary alicyclic amines) is 1. The summed E-state index contributed by atoms with van der Waals surface area (Å²) < 4.78 is 7.35. The van der Waals surface area contributed by atoms with Crippen LogP contribution in [0.2, 0.25) is 0 Å². The van der Waals surface area contributed by atoms with Crippen molar-refractivity contribution in [2.75, 3.05) is 19.7 Å². The molecule has 0 bridgehead atoms. The Morgan fingerprint density at radius 3 is 2.62 bits per heavy atom. The first-order valence-electron chi connectivity index (χ1n) is 9.78. The molecule has 1 saturated heterocycles. The molecule has 138 valence electrons. The van der Waals surface area contributed by atoms with Gasteiger partial charge in [0.25, 0.3) is 5.56 Å². The van der Waals surface area contributed by atoms with Crippen molar-refractivity contribution in [3.63, 3.8) is 0 Å².